The Morgan fingerprint density at radius 2 is 2.00 bits per heavy atom. The Hall–Kier alpha value is -2.27. The van der Waals surface area contributed by atoms with Crippen molar-refractivity contribution in [2.45, 2.75) is 33.1 Å². The van der Waals surface area contributed by atoms with Crippen molar-refractivity contribution in [3.63, 3.8) is 0 Å². The quantitative estimate of drug-likeness (QED) is 0.743. The van der Waals surface area contributed by atoms with Crippen LogP contribution in [0.2, 0.25) is 0 Å². The van der Waals surface area contributed by atoms with E-state index in [0.717, 1.165) is 37.1 Å². The van der Waals surface area contributed by atoms with Crippen LogP contribution < -0.4 is 4.90 Å². The monoisotopic (exact) mass is 296 g/mol. The summed E-state index contributed by atoms with van der Waals surface area (Å²) < 4.78 is 7.82. The van der Waals surface area contributed by atoms with Gasteiger partial charge in [0.1, 0.15) is 5.76 Å². The summed E-state index contributed by atoms with van der Waals surface area (Å²) in [6.45, 7) is 6.94. The van der Waals surface area contributed by atoms with Crippen molar-refractivity contribution in [3.8, 4) is 0 Å². The molecule has 0 radical (unpaired) electrons. The van der Waals surface area contributed by atoms with Crippen LogP contribution in [0.25, 0.3) is 11.0 Å². The molecule has 3 heterocycles. The van der Waals surface area contributed by atoms with E-state index in [4.69, 9.17) is 9.40 Å². The molecule has 0 amide bonds. The van der Waals surface area contributed by atoms with E-state index < -0.39 is 0 Å². The van der Waals surface area contributed by atoms with Crippen molar-refractivity contribution in [1.82, 2.24) is 14.5 Å². The van der Waals surface area contributed by atoms with E-state index in [1.807, 2.05) is 18.2 Å². The van der Waals surface area contributed by atoms with Gasteiger partial charge in [-0.1, -0.05) is 12.1 Å². The lowest BCUT2D eigenvalue weighted by Gasteiger charge is -2.38. The second kappa shape index (κ2) is 5.18. The minimum absolute atomic E-state index is 0.480. The molecule has 5 heteroatoms. The molecule has 0 aliphatic carbocycles. The third-order valence-corrected chi connectivity index (χ3v) is 4.25. The Labute approximate surface area is 129 Å². The van der Waals surface area contributed by atoms with Gasteiger partial charge in [-0.15, -0.1) is 0 Å². The largest absolute Gasteiger partial charge is 0.467 e. The van der Waals surface area contributed by atoms with E-state index in [2.05, 4.69) is 46.4 Å². The Kier molecular flexibility index (Phi) is 3.15. The van der Waals surface area contributed by atoms with E-state index in [9.17, 15) is 0 Å². The van der Waals surface area contributed by atoms with Crippen LogP contribution in [-0.2, 0) is 13.2 Å². The fourth-order valence-electron chi connectivity index (χ4n) is 2.99. The molecule has 22 heavy (non-hydrogen) atoms. The van der Waals surface area contributed by atoms with Crippen LogP contribution >= 0.6 is 0 Å². The van der Waals surface area contributed by atoms with Crippen molar-refractivity contribution in [1.29, 1.82) is 0 Å². The first-order chi connectivity index (χ1) is 10.7. The predicted molar refractivity (Wildman–Crippen MR) is 86.5 cm³/mol. The van der Waals surface area contributed by atoms with Gasteiger partial charge in [-0.2, -0.15) is 0 Å². The van der Waals surface area contributed by atoms with Crippen LogP contribution in [0.3, 0.4) is 0 Å². The Balaban J connectivity index is 1.78. The lowest BCUT2D eigenvalue weighted by atomic mass is 10.3. The summed E-state index contributed by atoms with van der Waals surface area (Å²) >= 11 is 0. The van der Waals surface area contributed by atoms with Gasteiger partial charge < -0.3 is 9.32 Å². The minimum Gasteiger partial charge on any atom is -0.467 e. The number of rotatable bonds is 3. The topological polar surface area (TPSA) is 37.4 Å². The van der Waals surface area contributed by atoms with Crippen LogP contribution in [0.4, 0.5) is 5.95 Å². The molecule has 0 bridgehead atoms. The molecule has 114 valence electrons. The van der Waals surface area contributed by atoms with Crippen LogP contribution in [0.5, 0.6) is 0 Å². The SMILES string of the molecule is CC(C)N1CN(Cc2ccco2)c2nc3ccccc3n2C1. The maximum Gasteiger partial charge on any atom is 0.209 e. The number of hydrogen-bond donors (Lipinski definition) is 0. The van der Waals surface area contributed by atoms with Crippen molar-refractivity contribution in [3.05, 3.63) is 48.4 Å². The fraction of sp³-hybridized carbons (Fsp3) is 0.353. The molecule has 5 nitrogen and oxygen atoms in total. The number of hydrogen-bond acceptors (Lipinski definition) is 4. The first-order valence-corrected chi connectivity index (χ1v) is 7.69. The lowest BCUT2D eigenvalue weighted by Crippen LogP contribution is -2.47. The molecule has 1 aliphatic rings. The summed E-state index contributed by atoms with van der Waals surface area (Å²) in [6.07, 6.45) is 1.72. The zero-order valence-corrected chi connectivity index (χ0v) is 12.9. The number of nitrogens with zero attached hydrogens (tertiary/aromatic N) is 4. The number of fused-ring (bicyclic) bond motifs is 3. The molecule has 0 spiro atoms. The molecular weight excluding hydrogens is 276 g/mol. The van der Waals surface area contributed by atoms with Gasteiger partial charge in [-0.3, -0.25) is 9.47 Å². The van der Waals surface area contributed by atoms with E-state index in [1.54, 1.807) is 6.26 Å². The summed E-state index contributed by atoms with van der Waals surface area (Å²) in [5, 5.41) is 0. The summed E-state index contributed by atoms with van der Waals surface area (Å²) in [6, 6.07) is 12.8. The van der Waals surface area contributed by atoms with Gasteiger partial charge in [-0.05, 0) is 38.1 Å². The van der Waals surface area contributed by atoms with E-state index in [0.29, 0.717) is 6.04 Å². The fourth-order valence-corrected chi connectivity index (χ4v) is 2.99. The third kappa shape index (κ3) is 2.18. The van der Waals surface area contributed by atoms with Gasteiger partial charge in [0.05, 0.1) is 37.2 Å². The van der Waals surface area contributed by atoms with Crippen molar-refractivity contribution >= 4 is 17.0 Å². The smallest absolute Gasteiger partial charge is 0.209 e. The van der Waals surface area contributed by atoms with Gasteiger partial charge in [-0.25, -0.2) is 4.98 Å². The van der Waals surface area contributed by atoms with Crippen LogP contribution in [0.1, 0.15) is 19.6 Å². The van der Waals surface area contributed by atoms with Gasteiger partial charge >= 0.3 is 0 Å². The first kappa shape index (κ1) is 13.4. The molecule has 3 aromatic rings. The van der Waals surface area contributed by atoms with E-state index >= 15 is 0 Å². The molecular formula is C17H20N4O. The standard InChI is InChI=1S/C17H20N4O/c1-13(2)20-11-19(10-14-6-5-9-22-14)17-18-15-7-3-4-8-16(15)21(17)12-20/h3-9,13H,10-12H2,1-2H3. The Bertz CT molecular complexity index is 775. The molecule has 0 saturated carbocycles. The number of anilines is 1. The molecule has 0 unspecified atom stereocenters. The van der Waals surface area contributed by atoms with Gasteiger partial charge in [0, 0.05) is 6.04 Å². The van der Waals surface area contributed by atoms with Crippen molar-refractivity contribution < 1.29 is 4.42 Å². The first-order valence-electron chi connectivity index (χ1n) is 7.69. The second-order valence-corrected chi connectivity index (χ2v) is 6.07. The molecule has 0 fully saturated rings. The number of para-hydroxylation sites is 2. The molecule has 1 aliphatic heterocycles. The Morgan fingerprint density at radius 1 is 1.14 bits per heavy atom. The van der Waals surface area contributed by atoms with Gasteiger partial charge in [0.25, 0.3) is 0 Å². The molecule has 1 aromatic carbocycles. The van der Waals surface area contributed by atoms with Crippen LogP contribution in [0, 0.1) is 0 Å². The minimum atomic E-state index is 0.480. The zero-order valence-electron chi connectivity index (χ0n) is 12.9. The van der Waals surface area contributed by atoms with Crippen molar-refractivity contribution in [2.75, 3.05) is 11.6 Å². The maximum atomic E-state index is 5.52. The molecule has 2 aromatic heterocycles. The molecule has 0 atom stereocenters. The summed E-state index contributed by atoms with van der Waals surface area (Å²) in [7, 11) is 0. The van der Waals surface area contributed by atoms with Crippen LogP contribution in [-0.4, -0.2) is 27.2 Å². The number of aromatic nitrogens is 2. The lowest BCUT2D eigenvalue weighted by molar-refractivity contribution is 0.154. The zero-order chi connectivity index (χ0) is 15.1. The third-order valence-electron chi connectivity index (χ3n) is 4.25. The highest BCUT2D eigenvalue weighted by Crippen LogP contribution is 2.28. The maximum absolute atomic E-state index is 5.52. The second-order valence-electron chi connectivity index (χ2n) is 6.07. The van der Waals surface area contributed by atoms with Crippen molar-refractivity contribution in [2.24, 2.45) is 0 Å². The van der Waals surface area contributed by atoms with Gasteiger partial charge in [0.15, 0.2) is 0 Å². The number of furan rings is 1. The molecule has 0 saturated heterocycles. The normalized spacial score (nSPS) is 15.7. The summed E-state index contributed by atoms with van der Waals surface area (Å²) in [4.78, 5) is 9.54. The van der Waals surface area contributed by atoms with Crippen LogP contribution in [0.15, 0.2) is 47.1 Å². The average Bonchev–Trinajstić information content (AvgIpc) is 3.14. The Morgan fingerprint density at radius 3 is 2.77 bits per heavy atom. The molecule has 0 N–H and O–H groups in total. The summed E-state index contributed by atoms with van der Waals surface area (Å²) in [5.74, 6) is 1.98. The highest BCUT2D eigenvalue weighted by Gasteiger charge is 2.27. The number of benzene rings is 1. The van der Waals surface area contributed by atoms with Gasteiger partial charge in [0.2, 0.25) is 5.95 Å². The number of imidazole rings is 1. The average molecular weight is 296 g/mol. The molecule has 4 rings (SSSR count). The summed E-state index contributed by atoms with van der Waals surface area (Å²) in [5.41, 5.74) is 2.24. The highest BCUT2D eigenvalue weighted by atomic mass is 16.3. The highest BCUT2D eigenvalue weighted by molar-refractivity contribution is 5.79. The predicted octanol–water partition coefficient (Wildman–Crippen LogP) is 3.27. The van der Waals surface area contributed by atoms with E-state index in [-0.39, 0.29) is 0 Å². The van der Waals surface area contributed by atoms with E-state index in [1.165, 1.54) is 5.52 Å².